The molecule has 0 spiro atoms. The summed E-state index contributed by atoms with van der Waals surface area (Å²) in [7, 11) is 1.77. The van der Waals surface area contributed by atoms with Crippen LogP contribution in [0.2, 0.25) is 0 Å². The minimum absolute atomic E-state index is 0.376. The van der Waals surface area contributed by atoms with E-state index < -0.39 is 23.7 Å². The van der Waals surface area contributed by atoms with Crippen LogP contribution >= 0.6 is 0 Å². The maximum Gasteiger partial charge on any atom is 0.413 e. The number of nitrogens with one attached hydrogen (secondary N) is 1. The maximum atomic E-state index is 11.7. The highest BCUT2D eigenvalue weighted by molar-refractivity contribution is 5.95. The molecule has 0 aromatic carbocycles. The molecule has 0 aromatic rings. The van der Waals surface area contributed by atoms with E-state index >= 15 is 0 Å². The Morgan fingerprint density at radius 3 is 2.23 bits per heavy atom. The third-order valence-corrected chi connectivity index (χ3v) is 3.33. The molecule has 1 atom stereocenters. The van der Waals surface area contributed by atoms with E-state index in [1.54, 1.807) is 32.7 Å². The van der Waals surface area contributed by atoms with E-state index in [9.17, 15) is 14.7 Å². The number of amidine groups is 1. The minimum Gasteiger partial charge on any atom is -0.480 e. The number of hydrogen-bond acceptors (Lipinski definition) is 5. The second-order valence-corrected chi connectivity index (χ2v) is 8.16. The van der Waals surface area contributed by atoms with Crippen molar-refractivity contribution >= 4 is 17.9 Å². The van der Waals surface area contributed by atoms with Gasteiger partial charge in [-0.1, -0.05) is 33.6 Å². The molecule has 0 unspecified atom stereocenters. The average molecular weight is 367 g/mol. The van der Waals surface area contributed by atoms with Gasteiger partial charge in [-0.05, 0) is 33.2 Å². The molecule has 0 heterocycles. The van der Waals surface area contributed by atoms with Crippen molar-refractivity contribution in [3.05, 3.63) is 0 Å². The molecular weight excluding hydrogens is 334 g/mol. The van der Waals surface area contributed by atoms with Crippen LogP contribution in [-0.2, 0) is 9.53 Å². The first-order valence-corrected chi connectivity index (χ1v) is 8.75. The number of carbonyl (C=O) groups excluding carboxylic acids is 1. The topological polar surface area (TPSA) is 91.2 Å². The van der Waals surface area contributed by atoms with Crippen LogP contribution in [0.5, 0.6) is 0 Å². The Hall–Kier alpha value is -2.07. The number of amides is 1. The van der Waals surface area contributed by atoms with Crippen molar-refractivity contribution in [1.82, 2.24) is 10.2 Å². The van der Waals surface area contributed by atoms with Crippen molar-refractivity contribution in [3.8, 4) is 12.0 Å². The summed E-state index contributed by atoms with van der Waals surface area (Å²) in [6.07, 6.45) is 0.427. The van der Waals surface area contributed by atoms with Crippen LogP contribution in [0.4, 0.5) is 4.79 Å². The molecule has 0 radical (unpaired) electrons. The molecule has 0 aromatic heterocycles. The number of carboxylic acids is 1. The van der Waals surface area contributed by atoms with Gasteiger partial charge >= 0.3 is 12.1 Å². The summed E-state index contributed by atoms with van der Waals surface area (Å²) in [4.78, 5) is 29.0. The summed E-state index contributed by atoms with van der Waals surface area (Å²) in [5.74, 6) is 2.47. The first kappa shape index (κ1) is 23.9. The summed E-state index contributed by atoms with van der Waals surface area (Å²) in [6.45, 7) is 13.4. The monoisotopic (exact) mass is 367 g/mol. The van der Waals surface area contributed by atoms with Gasteiger partial charge in [-0.25, -0.2) is 4.79 Å². The number of ether oxygens (including phenoxy) is 1. The van der Waals surface area contributed by atoms with E-state index in [4.69, 9.17) is 4.74 Å². The second-order valence-electron chi connectivity index (χ2n) is 8.16. The number of rotatable bonds is 5. The molecule has 0 saturated carbocycles. The SMILES string of the molecule is CC/C(=N\C#CCCN(C)[C@H](C(=O)O)C(C)(C)C)NC(=O)OC(C)(C)C. The van der Waals surface area contributed by atoms with Gasteiger partial charge in [0.25, 0.3) is 0 Å². The summed E-state index contributed by atoms with van der Waals surface area (Å²) >= 11 is 0. The lowest BCUT2D eigenvalue weighted by Gasteiger charge is -2.34. The van der Waals surface area contributed by atoms with Gasteiger partial charge in [0, 0.05) is 25.4 Å². The van der Waals surface area contributed by atoms with Gasteiger partial charge in [0.15, 0.2) is 0 Å². The summed E-state index contributed by atoms with van der Waals surface area (Å²) in [5.41, 5.74) is -0.953. The van der Waals surface area contributed by atoms with Crippen molar-refractivity contribution in [2.45, 2.75) is 73.0 Å². The molecule has 26 heavy (non-hydrogen) atoms. The van der Waals surface area contributed by atoms with E-state index in [0.717, 1.165) is 0 Å². The number of aliphatic imine (C=N–C) groups is 1. The van der Waals surface area contributed by atoms with Gasteiger partial charge in [-0.15, -0.1) is 0 Å². The Morgan fingerprint density at radius 2 is 1.81 bits per heavy atom. The Morgan fingerprint density at radius 1 is 1.23 bits per heavy atom. The van der Waals surface area contributed by atoms with Crippen molar-refractivity contribution in [2.75, 3.05) is 13.6 Å². The number of carboxylic acid groups (broad SMARTS) is 1. The average Bonchev–Trinajstić information content (AvgIpc) is 2.41. The van der Waals surface area contributed by atoms with E-state index in [1.165, 1.54) is 0 Å². The highest BCUT2D eigenvalue weighted by Crippen LogP contribution is 2.23. The lowest BCUT2D eigenvalue weighted by molar-refractivity contribution is -0.146. The third kappa shape index (κ3) is 10.0. The van der Waals surface area contributed by atoms with E-state index in [1.807, 2.05) is 27.7 Å². The van der Waals surface area contributed by atoms with Gasteiger partial charge in [0.1, 0.15) is 17.5 Å². The Balaban J connectivity index is 4.68. The van der Waals surface area contributed by atoms with Crippen LogP contribution in [-0.4, -0.2) is 53.1 Å². The van der Waals surface area contributed by atoms with Crippen molar-refractivity contribution in [1.29, 1.82) is 0 Å². The third-order valence-electron chi connectivity index (χ3n) is 3.33. The highest BCUT2D eigenvalue weighted by atomic mass is 16.6. The van der Waals surface area contributed by atoms with Crippen LogP contribution in [0.3, 0.4) is 0 Å². The summed E-state index contributed by atoms with van der Waals surface area (Å²) in [6, 6.07) is 2.07. The molecule has 148 valence electrons. The zero-order valence-corrected chi connectivity index (χ0v) is 17.3. The fourth-order valence-electron chi connectivity index (χ4n) is 2.36. The zero-order chi connectivity index (χ0) is 20.5. The first-order chi connectivity index (χ1) is 11.8. The summed E-state index contributed by atoms with van der Waals surface area (Å²) in [5, 5.41) is 12.0. The van der Waals surface area contributed by atoms with Gasteiger partial charge in [0.2, 0.25) is 0 Å². The molecule has 0 bridgehead atoms. The van der Waals surface area contributed by atoms with Crippen LogP contribution in [0, 0.1) is 17.4 Å². The van der Waals surface area contributed by atoms with Gasteiger partial charge in [0.05, 0.1) is 0 Å². The molecule has 0 rings (SSSR count). The standard InChI is InChI=1S/C19H33N3O4/c1-9-14(21-17(25)26-19(5,6)7)20-12-10-11-13-22(8)15(16(23)24)18(2,3)4/h15H,9,11,13H2,1-8H3,(H,23,24)(H,20,21,25)/t15-/m1/s1. The van der Waals surface area contributed by atoms with Crippen molar-refractivity contribution in [3.63, 3.8) is 0 Å². The molecule has 0 aliphatic carbocycles. The van der Waals surface area contributed by atoms with Gasteiger partial charge in [-0.2, -0.15) is 4.99 Å². The van der Waals surface area contributed by atoms with E-state index in [2.05, 4.69) is 22.3 Å². The fraction of sp³-hybridized carbons (Fsp3) is 0.737. The Kier molecular flexibility index (Phi) is 9.36. The lowest BCUT2D eigenvalue weighted by Crippen LogP contribution is -2.47. The molecule has 7 nitrogen and oxygen atoms in total. The molecular formula is C19H33N3O4. The van der Waals surface area contributed by atoms with Crippen molar-refractivity contribution in [2.24, 2.45) is 10.4 Å². The minimum atomic E-state index is -0.846. The number of alkyl carbamates (subject to hydrolysis) is 1. The van der Waals surface area contributed by atoms with Crippen LogP contribution < -0.4 is 5.32 Å². The van der Waals surface area contributed by atoms with Gasteiger partial charge in [-0.3, -0.25) is 15.0 Å². The molecule has 0 aliphatic heterocycles. The first-order valence-electron chi connectivity index (χ1n) is 8.75. The largest absolute Gasteiger partial charge is 0.480 e. The number of hydrogen-bond donors (Lipinski definition) is 2. The van der Waals surface area contributed by atoms with E-state index in [-0.39, 0.29) is 5.41 Å². The molecule has 1 amide bonds. The zero-order valence-electron chi connectivity index (χ0n) is 17.3. The quantitative estimate of drug-likeness (QED) is 0.443. The highest BCUT2D eigenvalue weighted by Gasteiger charge is 2.34. The second kappa shape index (κ2) is 10.2. The smallest absolute Gasteiger partial charge is 0.413 e. The molecule has 0 aliphatic rings. The number of aliphatic carboxylic acids is 1. The van der Waals surface area contributed by atoms with Gasteiger partial charge < -0.3 is 9.84 Å². The lowest BCUT2D eigenvalue weighted by atomic mass is 9.86. The summed E-state index contributed by atoms with van der Waals surface area (Å²) < 4.78 is 5.17. The fourth-order valence-corrected chi connectivity index (χ4v) is 2.36. The molecule has 2 N–H and O–H groups in total. The molecule has 0 fully saturated rings. The predicted molar refractivity (Wildman–Crippen MR) is 103 cm³/mol. The molecule has 0 saturated heterocycles. The van der Waals surface area contributed by atoms with Crippen LogP contribution in [0.1, 0.15) is 61.3 Å². The van der Waals surface area contributed by atoms with E-state index in [0.29, 0.717) is 25.2 Å². The van der Waals surface area contributed by atoms with Crippen LogP contribution in [0.25, 0.3) is 0 Å². The predicted octanol–water partition coefficient (Wildman–Crippen LogP) is 3.10. The number of likely N-dealkylation sites (N-methyl/N-ethyl adjacent to an activating group) is 1. The normalized spacial score (nSPS) is 13.7. The molecule has 7 heteroatoms. The maximum absolute atomic E-state index is 11.7. The van der Waals surface area contributed by atoms with Crippen LogP contribution in [0.15, 0.2) is 4.99 Å². The Labute approximate surface area is 157 Å². The Bertz CT molecular complexity index is 574. The number of carbonyl (C=O) groups is 2. The number of nitrogens with zero attached hydrogens (tertiary/aromatic N) is 2. The van der Waals surface area contributed by atoms with Crippen molar-refractivity contribution < 1.29 is 19.4 Å².